The number of likely N-dealkylation sites (N-methyl/N-ethyl adjacent to an activating group) is 1. The first-order chi connectivity index (χ1) is 16.9. The smallest absolute Gasteiger partial charge is 0.475 e. The molecule has 2 amide bonds. The van der Waals surface area contributed by atoms with Crippen LogP contribution in [0.5, 0.6) is 0 Å². The number of rotatable bonds is 8. The Bertz CT molecular complexity index is 967. The summed E-state index contributed by atoms with van der Waals surface area (Å²) in [4.78, 5) is 52.2. The van der Waals surface area contributed by atoms with Gasteiger partial charge in [0.15, 0.2) is 0 Å². The Labute approximate surface area is 221 Å². The van der Waals surface area contributed by atoms with Crippen molar-refractivity contribution in [1.82, 2.24) is 20.8 Å². The second-order valence-corrected chi connectivity index (χ2v) is 10.0. The van der Waals surface area contributed by atoms with E-state index in [1.165, 1.54) is 19.2 Å². The van der Waals surface area contributed by atoms with Crippen molar-refractivity contribution in [3.8, 4) is 0 Å². The van der Waals surface area contributed by atoms with Crippen LogP contribution < -0.4 is 16.0 Å². The third-order valence-corrected chi connectivity index (χ3v) is 6.36. The SMILES string of the molecule is COC(=O)[C@H]1CNC[C@H](C)C(=O)OB([C@H](CC(C)C)NC(=O)CNC(=O)c2cc(Cl)ccc2Cl)N1C. The van der Waals surface area contributed by atoms with Gasteiger partial charge in [-0.2, -0.15) is 0 Å². The Kier molecular flexibility index (Phi) is 11.5. The molecule has 36 heavy (non-hydrogen) atoms. The van der Waals surface area contributed by atoms with Crippen molar-refractivity contribution in [3.05, 3.63) is 33.8 Å². The van der Waals surface area contributed by atoms with Crippen LogP contribution in [0.25, 0.3) is 0 Å². The van der Waals surface area contributed by atoms with Crippen LogP contribution in [0, 0.1) is 11.8 Å². The summed E-state index contributed by atoms with van der Waals surface area (Å²) in [6.45, 7) is 5.85. The molecule has 1 aliphatic heterocycles. The molecule has 0 radical (unpaired) electrons. The Morgan fingerprint density at radius 2 is 1.97 bits per heavy atom. The fraction of sp³-hybridized carbons (Fsp3) is 0.565. The lowest BCUT2D eigenvalue weighted by Crippen LogP contribution is -2.62. The largest absolute Gasteiger partial charge is 0.518 e. The van der Waals surface area contributed by atoms with Crippen LogP contribution in [-0.4, -0.2) is 81.4 Å². The van der Waals surface area contributed by atoms with Gasteiger partial charge in [0.05, 0.1) is 36.1 Å². The van der Waals surface area contributed by atoms with E-state index >= 15 is 0 Å². The van der Waals surface area contributed by atoms with Crippen LogP contribution in [-0.2, 0) is 23.8 Å². The van der Waals surface area contributed by atoms with Crippen molar-refractivity contribution in [2.75, 3.05) is 33.8 Å². The predicted octanol–water partition coefficient (Wildman–Crippen LogP) is 1.54. The molecule has 13 heteroatoms. The highest BCUT2D eigenvalue weighted by molar-refractivity contribution is 6.53. The van der Waals surface area contributed by atoms with E-state index in [2.05, 4.69) is 16.0 Å². The van der Waals surface area contributed by atoms with Crippen LogP contribution in [0.1, 0.15) is 37.6 Å². The molecule has 0 aliphatic carbocycles. The average molecular weight is 543 g/mol. The highest BCUT2D eigenvalue weighted by Crippen LogP contribution is 2.20. The standard InChI is InChI=1S/C23H33BCl2N4O6/c1-13(2)8-19(29-20(31)12-28-21(32)16-9-15(25)6-7-17(16)26)24-30(4)18(23(34)35-5)11-27-10-14(3)22(33)36-24/h6-7,9,13-14,18-19,27H,8,10-12H2,1-5H3,(H,28,32)(H,29,31)/t14-,18+,19-/m0/s1. The van der Waals surface area contributed by atoms with Crippen LogP contribution in [0.4, 0.5) is 0 Å². The zero-order valence-corrected chi connectivity index (χ0v) is 22.6. The van der Waals surface area contributed by atoms with Gasteiger partial charge < -0.3 is 25.3 Å². The molecule has 0 spiro atoms. The van der Waals surface area contributed by atoms with Crippen molar-refractivity contribution in [2.45, 2.75) is 39.2 Å². The summed E-state index contributed by atoms with van der Waals surface area (Å²) in [5, 5.41) is 9.02. The minimum absolute atomic E-state index is 0.113. The first-order valence-corrected chi connectivity index (χ1v) is 12.4. The normalized spacial score (nSPS) is 20.0. The van der Waals surface area contributed by atoms with Gasteiger partial charge in [-0.15, -0.1) is 0 Å². The zero-order valence-electron chi connectivity index (χ0n) is 21.1. The van der Waals surface area contributed by atoms with Crippen LogP contribution in [0.3, 0.4) is 0 Å². The molecule has 1 saturated heterocycles. The number of nitrogens with one attached hydrogen (secondary N) is 3. The molecule has 2 rings (SSSR count). The van der Waals surface area contributed by atoms with Crippen LogP contribution in [0.15, 0.2) is 18.2 Å². The predicted molar refractivity (Wildman–Crippen MR) is 138 cm³/mol. The van der Waals surface area contributed by atoms with E-state index in [4.69, 9.17) is 32.6 Å². The number of methoxy groups -OCH3 is 1. The Hall–Kier alpha value is -2.34. The van der Waals surface area contributed by atoms with Gasteiger partial charge in [0.1, 0.15) is 6.04 Å². The fourth-order valence-electron chi connectivity index (χ4n) is 3.85. The van der Waals surface area contributed by atoms with Gasteiger partial charge in [0, 0.05) is 18.1 Å². The molecule has 1 aromatic rings. The van der Waals surface area contributed by atoms with Gasteiger partial charge in [-0.1, -0.05) is 44.0 Å². The van der Waals surface area contributed by atoms with E-state index in [1.54, 1.807) is 24.8 Å². The summed E-state index contributed by atoms with van der Waals surface area (Å²) < 4.78 is 10.8. The maximum Gasteiger partial charge on any atom is 0.475 e. The molecule has 1 heterocycles. The van der Waals surface area contributed by atoms with Gasteiger partial charge in [-0.25, -0.2) is 0 Å². The first-order valence-electron chi connectivity index (χ1n) is 11.7. The number of carbonyl (C=O) groups excluding carboxylic acids is 4. The monoisotopic (exact) mass is 542 g/mol. The molecule has 1 aliphatic rings. The summed E-state index contributed by atoms with van der Waals surface area (Å²) in [7, 11) is 1.97. The van der Waals surface area contributed by atoms with E-state index < -0.39 is 48.7 Å². The van der Waals surface area contributed by atoms with E-state index in [0.29, 0.717) is 18.0 Å². The second-order valence-electron chi connectivity index (χ2n) is 9.20. The van der Waals surface area contributed by atoms with Crippen molar-refractivity contribution in [1.29, 1.82) is 0 Å². The van der Waals surface area contributed by atoms with Gasteiger partial charge >= 0.3 is 13.0 Å². The number of nitrogens with zero attached hydrogens (tertiary/aromatic N) is 1. The summed E-state index contributed by atoms with van der Waals surface area (Å²) >= 11 is 12.0. The molecule has 198 valence electrons. The maximum atomic E-state index is 12.9. The average Bonchev–Trinajstić information content (AvgIpc) is 2.87. The third kappa shape index (κ3) is 8.36. The molecule has 3 N–H and O–H groups in total. The maximum absolute atomic E-state index is 12.9. The molecule has 10 nitrogen and oxygen atoms in total. The highest BCUT2D eigenvalue weighted by atomic mass is 35.5. The van der Waals surface area contributed by atoms with Crippen molar-refractivity contribution in [3.63, 3.8) is 0 Å². The summed E-state index contributed by atoms with van der Waals surface area (Å²) in [5.74, 6) is -3.04. The highest BCUT2D eigenvalue weighted by Gasteiger charge is 2.44. The summed E-state index contributed by atoms with van der Waals surface area (Å²) in [6, 6.07) is 3.70. The van der Waals surface area contributed by atoms with Crippen LogP contribution >= 0.6 is 23.2 Å². The summed E-state index contributed by atoms with van der Waals surface area (Å²) in [6.07, 6.45) is 0.442. The minimum Gasteiger partial charge on any atom is -0.518 e. The minimum atomic E-state index is -0.951. The Morgan fingerprint density at radius 1 is 1.28 bits per heavy atom. The Morgan fingerprint density at radius 3 is 2.61 bits per heavy atom. The molecule has 0 bridgehead atoms. The molecule has 0 saturated carbocycles. The molecular formula is C23H33BCl2N4O6. The van der Waals surface area contributed by atoms with Crippen molar-refractivity contribution in [2.24, 2.45) is 11.8 Å². The molecule has 1 fully saturated rings. The number of hydrogen-bond acceptors (Lipinski definition) is 8. The Balaban J connectivity index is 2.22. The number of amides is 2. The zero-order chi connectivity index (χ0) is 27.0. The quantitative estimate of drug-likeness (QED) is 0.333. The van der Waals surface area contributed by atoms with Crippen LogP contribution in [0.2, 0.25) is 10.0 Å². The number of ether oxygens (including phenoxy) is 1. The van der Waals surface area contributed by atoms with E-state index in [0.717, 1.165) is 0 Å². The number of carbonyl (C=O) groups is 4. The van der Waals surface area contributed by atoms with Gasteiger partial charge in [0.25, 0.3) is 11.9 Å². The molecule has 1 aromatic carbocycles. The lowest BCUT2D eigenvalue weighted by Gasteiger charge is -2.34. The first kappa shape index (κ1) is 29.9. The van der Waals surface area contributed by atoms with E-state index in [9.17, 15) is 19.2 Å². The van der Waals surface area contributed by atoms with Gasteiger partial charge in [-0.05, 0) is 37.6 Å². The topological polar surface area (TPSA) is 126 Å². The fourth-order valence-corrected chi connectivity index (χ4v) is 4.23. The lowest BCUT2D eigenvalue weighted by molar-refractivity contribution is -0.146. The lowest BCUT2D eigenvalue weighted by atomic mass is 9.66. The number of hydrogen-bond donors (Lipinski definition) is 3. The number of halogens is 2. The third-order valence-electron chi connectivity index (χ3n) is 5.79. The van der Waals surface area contributed by atoms with Gasteiger partial charge in [0.2, 0.25) is 5.91 Å². The van der Waals surface area contributed by atoms with Gasteiger partial charge in [-0.3, -0.25) is 24.0 Å². The van der Waals surface area contributed by atoms with Crippen molar-refractivity contribution < 1.29 is 28.6 Å². The molecular weight excluding hydrogens is 510 g/mol. The number of esters is 1. The molecule has 0 unspecified atom stereocenters. The van der Waals surface area contributed by atoms with Crippen molar-refractivity contribution >= 4 is 54.0 Å². The van der Waals surface area contributed by atoms with E-state index in [1.807, 2.05) is 13.8 Å². The molecule has 3 atom stereocenters. The molecule has 0 aromatic heterocycles. The summed E-state index contributed by atoms with van der Waals surface area (Å²) in [5.41, 5.74) is 0.142. The second kappa shape index (κ2) is 13.8. The number of benzene rings is 1. The van der Waals surface area contributed by atoms with E-state index in [-0.39, 0.29) is 29.6 Å².